The highest BCUT2D eigenvalue weighted by molar-refractivity contribution is 5.78. The van der Waals surface area contributed by atoms with Crippen LogP contribution in [0.25, 0.3) is 0 Å². The van der Waals surface area contributed by atoms with Crippen molar-refractivity contribution in [1.82, 2.24) is 14.7 Å². The van der Waals surface area contributed by atoms with Gasteiger partial charge in [-0.25, -0.2) is 0 Å². The lowest BCUT2D eigenvalue weighted by Gasteiger charge is -2.40. The minimum atomic E-state index is 0.305. The highest BCUT2D eigenvalue weighted by Crippen LogP contribution is 2.23. The highest BCUT2D eigenvalue weighted by Gasteiger charge is 2.26. The third-order valence-corrected chi connectivity index (χ3v) is 6.53. The molecule has 3 rings (SSSR count). The van der Waals surface area contributed by atoms with E-state index in [9.17, 15) is 4.79 Å². The number of anilines is 1. The van der Waals surface area contributed by atoms with Crippen LogP contribution < -0.4 is 4.90 Å². The topological polar surface area (TPSA) is 30.0 Å². The average Bonchev–Trinajstić information content (AvgIpc) is 2.70. The quantitative estimate of drug-likeness (QED) is 0.794. The van der Waals surface area contributed by atoms with Crippen molar-refractivity contribution in [2.45, 2.75) is 40.2 Å². The molecule has 2 aliphatic heterocycles. The zero-order chi connectivity index (χ0) is 19.4. The maximum atomic E-state index is 12.7. The van der Waals surface area contributed by atoms with Gasteiger partial charge in [-0.1, -0.05) is 19.1 Å². The molecule has 0 radical (unpaired) electrons. The Bertz CT molecular complexity index is 631. The summed E-state index contributed by atoms with van der Waals surface area (Å²) in [5, 5.41) is 0. The molecule has 1 amide bonds. The van der Waals surface area contributed by atoms with Gasteiger partial charge in [0.05, 0.1) is 6.54 Å². The van der Waals surface area contributed by atoms with Crippen LogP contribution in [0.5, 0.6) is 0 Å². The number of hydrogen-bond acceptors (Lipinski definition) is 4. The molecule has 0 spiro atoms. The van der Waals surface area contributed by atoms with Gasteiger partial charge in [0.1, 0.15) is 0 Å². The second-order valence-corrected chi connectivity index (χ2v) is 8.16. The third-order valence-electron chi connectivity index (χ3n) is 6.53. The second kappa shape index (κ2) is 9.07. The first kappa shape index (κ1) is 20.2. The fourth-order valence-electron chi connectivity index (χ4n) is 4.19. The molecule has 0 bridgehead atoms. The van der Waals surface area contributed by atoms with Crippen molar-refractivity contribution in [3.05, 3.63) is 29.3 Å². The Balaban J connectivity index is 1.45. The molecule has 0 N–H and O–H groups in total. The molecule has 5 nitrogen and oxygen atoms in total. The summed E-state index contributed by atoms with van der Waals surface area (Å²) in [5.41, 5.74) is 4.07. The number of carbonyl (C=O) groups excluding carboxylic acids is 1. The first-order valence-electron chi connectivity index (χ1n) is 10.5. The summed E-state index contributed by atoms with van der Waals surface area (Å²) in [6.07, 6.45) is 1.18. The maximum absolute atomic E-state index is 12.7. The van der Waals surface area contributed by atoms with Crippen LogP contribution in [-0.2, 0) is 4.79 Å². The van der Waals surface area contributed by atoms with Crippen molar-refractivity contribution in [3.8, 4) is 0 Å². The van der Waals surface area contributed by atoms with E-state index in [1.807, 2.05) is 0 Å². The normalized spacial score (nSPS) is 20.7. The summed E-state index contributed by atoms with van der Waals surface area (Å²) in [6, 6.07) is 7.17. The number of rotatable bonds is 5. The van der Waals surface area contributed by atoms with Gasteiger partial charge in [-0.15, -0.1) is 0 Å². The Hall–Kier alpha value is -1.59. The number of nitrogens with zero attached hydrogens (tertiary/aromatic N) is 4. The summed E-state index contributed by atoms with van der Waals surface area (Å²) < 4.78 is 0. The summed E-state index contributed by atoms with van der Waals surface area (Å²) in [4.78, 5) is 22.1. The van der Waals surface area contributed by atoms with Crippen molar-refractivity contribution >= 4 is 11.6 Å². The van der Waals surface area contributed by atoms with Crippen LogP contribution in [0, 0.1) is 13.8 Å². The first-order chi connectivity index (χ1) is 13.0. The Morgan fingerprint density at radius 2 is 1.67 bits per heavy atom. The molecular formula is C22H36N4O. The minimum Gasteiger partial charge on any atom is -0.369 e. The predicted molar refractivity (Wildman–Crippen MR) is 112 cm³/mol. The van der Waals surface area contributed by atoms with E-state index in [4.69, 9.17) is 0 Å². The van der Waals surface area contributed by atoms with Crippen LogP contribution in [0.1, 0.15) is 31.4 Å². The maximum Gasteiger partial charge on any atom is 0.236 e. The van der Waals surface area contributed by atoms with Crippen LogP contribution in [0.15, 0.2) is 18.2 Å². The highest BCUT2D eigenvalue weighted by atomic mass is 16.2. The Morgan fingerprint density at radius 1 is 1.00 bits per heavy atom. The number of benzene rings is 1. The van der Waals surface area contributed by atoms with E-state index in [1.165, 1.54) is 23.2 Å². The minimum absolute atomic E-state index is 0.305. The summed E-state index contributed by atoms with van der Waals surface area (Å²) in [7, 11) is 0. The van der Waals surface area contributed by atoms with Crippen LogP contribution in [0.2, 0.25) is 0 Å². The van der Waals surface area contributed by atoms with Crippen molar-refractivity contribution in [2.75, 3.05) is 63.8 Å². The van der Waals surface area contributed by atoms with Gasteiger partial charge in [-0.2, -0.15) is 0 Å². The van der Waals surface area contributed by atoms with E-state index in [0.29, 0.717) is 18.5 Å². The largest absolute Gasteiger partial charge is 0.369 e. The van der Waals surface area contributed by atoms with E-state index >= 15 is 0 Å². The molecule has 1 aromatic rings. The van der Waals surface area contributed by atoms with Gasteiger partial charge in [-0.3, -0.25) is 14.6 Å². The van der Waals surface area contributed by atoms with Crippen molar-refractivity contribution in [3.63, 3.8) is 0 Å². The molecule has 0 saturated carbocycles. The van der Waals surface area contributed by atoms with Gasteiger partial charge in [0, 0.05) is 64.1 Å². The fourth-order valence-corrected chi connectivity index (χ4v) is 4.19. The van der Waals surface area contributed by atoms with Crippen molar-refractivity contribution < 1.29 is 4.79 Å². The molecule has 2 aliphatic rings. The summed E-state index contributed by atoms with van der Waals surface area (Å²) in [5.74, 6) is 0.305. The summed E-state index contributed by atoms with van der Waals surface area (Å²) >= 11 is 0. The molecule has 150 valence electrons. The molecule has 1 unspecified atom stereocenters. The first-order valence-corrected chi connectivity index (χ1v) is 10.5. The molecule has 5 heteroatoms. The van der Waals surface area contributed by atoms with E-state index in [2.05, 4.69) is 65.5 Å². The van der Waals surface area contributed by atoms with E-state index in [1.54, 1.807) is 0 Å². The monoisotopic (exact) mass is 372 g/mol. The van der Waals surface area contributed by atoms with Gasteiger partial charge >= 0.3 is 0 Å². The molecule has 1 atom stereocenters. The average molecular weight is 373 g/mol. The fraction of sp³-hybridized carbons (Fsp3) is 0.682. The number of hydrogen-bond donors (Lipinski definition) is 0. The Labute approximate surface area is 164 Å². The molecule has 0 aliphatic carbocycles. The molecule has 0 aromatic heterocycles. The van der Waals surface area contributed by atoms with Gasteiger partial charge in [-0.05, 0) is 44.4 Å². The number of piperazine rings is 2. The van der Waals surface area contributed by atoms with E-state index in [0.717, 1.165) is 52.4 Å². The van der Waals surface area contributed by atoms with Gasteiger partial charge in [0.2, 0.25) is 5.91 Å². The predicted octanol–water partition coefficient (Wildman–Crippen LogP) is 2.37. The molecule has 27 heavy (non-hydrogen) atoms. The zero-order valence-corrected chi connectivity index (χ0v) is 17.6. The van der Waals surface area contributed by atoms with Gasteiger partial charge < -0.3 is 9.80 Å². The van der Waals surface area contributed by atoms with E-state index in [-0.39, 0.29) is 0 Å². The summed E-state index contributed by atoms with van der Waals surface area (Å²) in [6.45, 7) is 17.2. The molecular weight excluding hydrogens is 336 g/mol. The van der Waals surface area contributed by atoms with Crippen LogP contribution in [0.4, 0.5) is 5.69 Å². The lowest BCUT2D eigenvalue weighted by atomic mass is 10.1. The molecule has 2 heterocycles. The molecule has 1 aromatic carbocycles. The lowest BCUT2D eigenvalue weighted by molar-refractivity contribution is -0.134. The zero-order valence-electron chi connectivity index (χ0n) is 17.6. The number of aryl methyl sites for hydroxylation is 1. The second-order valence-electron chi connectivity index (χ2n) is 8.16. The number of amides is 1. The van der Waals surface area contributed by atoms with Crippen molar-refractivity contribution in [2.24, 2.45) is 0 Å². The van der Waals surface area contributed by atoms with Gasteiger partial charge in [0.15, 0.2) is 0 Å². The Morgan fingerprint density at radius 3 is 2.30 bits per heavy atom. The smallest absolute Gasteiger partial charge is 0.236 e. The van der Waals surface area contributed by atoms with Crippen LogP contribution in [-0.4, -0.2) is 85.6 Å². The van der Waals surface area contributed by atoms with Crippen molar-refractivity contribution in [1.29, 1.82) is 0 Å². The van der Waals surface area contributed by atoms with E-state index < -0.39 is 0 Å². The van der Waals surface area contributed by atoms with Gasteiger partial charge in [0.25, 0.3) is 0 Å². The standard InChI is InChI=1S/C22H36N4O/c1-5-19(3)24-13-15-26(16-14-24)22(27)17-23-9-11-25(12-10-23)21-8-6-7-18(2)20(21)4/h6-8,19H,5,9-17H2,1-4H3. The SMILES string of the molecule is CCC(C)N1CCN(C(=O)CN2CCN(c3cccc(C)c3C)CC2)CC1. The molecule has 2 fully saturated rings. The lowest BCUT2D eigenvalue weighted by Crippen LogP contribution is -2.55. The van der Waals surface area contributed by atoms with Crippen LogP contribution >= 0.6 is 0 Å². The van der Waals surface area contributed by atoms with Crippen LogP contribution in [0.3, 0.4) is 0 Å². The Kier molecular flexibility index (Phi) is 6.77. The third kappa shape index (κ3) is 4.82. The molecule has 2 saturated heterocycles. The number of carbonyl (C=O) groups is 1.